The van der Waals surface area contributed by atoms with Crippen molar-refractivity contribution in [2.24, 2.45) is 5.92 Å². The largest absolute Gasteiger partial charge is 0.444 e. The Bertz CT molecular complexity index is 1010. The van der Waals surface area contributed by atoms with Gasteiger partial charge < -0.3 is 10.1 Å². The van der Waals surface area contributed by atoms with E-state index in [9.17, 15) is 9.18 Å². The predicted molar refractivity (Wildman–Crippen MR) is 116 cm³/mol. The van der Waals surface area contributed by atoms with E-state index < -0.39 is 11.7 Å². The number of hydrogen-bond donors (Lipinski definition) is 1. The molecule has 0 spiro atoms. The first kappa shape index (κ1) is 22.5. The zero-order chi connectivity index (χ0) is 21.9. The smallest absolute Gasteiger partial charge is 0.408 e. The van der Waals surface area contributed by atoms with E-state index >= 15 is 0 Å². The number of nitrogens with one attached hydrogen (secondary N) is 1. The monoisotopic (exact) mass is 451 g/mol. The molecule has 1 amide bonds. The molecule has 1 atom stereocenters. The Morgan fingerprint density at radius 2 is 2.03 bits per heavy atom. The van der Waals surface area contributed by atoms with Crippen LogP contribution in [0.2, 0.25) is 0 Å². The summed E-state index contributed by atoms with van der Waals surface area (Å²) in [5.41, 5.74) is 0.0296. The molecule has 7 nitrogen and oxygen atoms in total. The highest BCUT2D eigenvalue weighted by Crippen LogP contribution is 2.30. The number of carbonyl (C=O) groups is 1. The second kappa shape index (κ2) is 9.30. The number of aromatic nitrogens is 4. The quantitative estimate of drug-likeness (QED) is 0.496. The van der Waals surface area contributed by atoms with Crippen molar-refractivity contribution in [2.45, 2.75) is 62.8 Å². The fraction of sp³-hybridized carbons (Fsp3) is 0.500. The molecule has 1 unspecified atom stereocenters. The first-order valence-electron chi connectivity index (χ1n) is 9.70. The third kappa shape index (κ3) is 5.91. The Balaban J connectivity index is 1.78. The summed E-state index contributed by atoms with van der Waals surface area (Å²) >= 11 is 2.82. The van der Waals surface area contributed by atoms with Gasteiger partial charge in [0, 0.05) is 5.75 Å². The van der Waals surface area contributed by atoms with Crippen molar-refractivity contribution in [3.8, 4) is 0 Å². The van der Waals surface area contributed by atoms with Gasteiger partial charge in [0.15, 0.2) is 10.2 Å². The number of nitrogens with zero attached hydrogens (tertiary/aromatic N) is 4. The highest BCUT2D eigenvalue weighted by molar-refractivity contribution is 8.00. The van der Waals surface area contributed by atoms with Gasteiger partial charge in [0.2, 0.25) is 4.96 Å². The molecule has 3 rings (SSSR count). The zero-order valence-electron chi connectivity index (χ0n) is 17.7. The summed E-state index contributed by atoms with van der Waals surface area (Å²) in [5, 5.41) is 15.9. The molecule has 0 saturated heterocycles. The van der Waals surface area contributed by atoms with Gasteiger partial charge in [-0.1, -0.05) is 55.1 Å². The number of alkyl carbamates (subject to hydrolysis) is 1. The lowest BCUT2D eigenvalue weighted by Gasteiger charge is -2.23. The molecule has 10 heteroatoms. The van der Waals surface area contributed by atoms with Crippen LogP contribution in [0.4, 0.5) is 9.18 Å². The van der Waals surface area contributed by atoms with E-state index in [0.717, 1.165) is 4.34 Å². The van der Waals surface area contributed by atoms with Crippen molar-refractivity contribution in [1.82, 2.24) is 25.1 Å². The van der Waals surface area contributed by atoms with E-state index in [0.29, 0.717) is 34.4 Å². The molecule has 1 N–H and O–H groups in total. The lowest BCUT2D eigenvalue weighted by atomic mass is 10.0. The molecular weight excluding hydrogens is 425 g/mol. The zero-order valence-corrected chi connectivity index (χ0v) is 19.3. The first-order valence-corrected chi connectivity index (χ1v) is 11.5. The molecule has 2 heterocycles. The Hall–Kier alpha value is -2.20. The summed E-state index contributed by atoms with van der Waals surface area (Å²) in [5.74, 6) is 1.11. The van der Waals surface area contributed by atoms with E-state index in [1.807, 2.05) is 26.8 Å². The van der Waals surface area contributed by atoms with Crippen LogP contribution in [0.5, 0.6) is 0 Å². The number of benzene rings is 1. The molecular formula is C20H26FN5O2S2. The molecule has 0 fully saturated rings. The second-order valence-corrected chi connectivity index (χ2v) is 10.5. The second-order valence-electron chi connectivity index (χ2n) is 8.33. The molecule has 0 aliphatic rings. The normalized spacial score (nSPS) is 13.0. The summed E-state index contributed by atoms with van der Waals surface area (Å²) in [6.07, 6.45) is 0.157. The third-order valence-electron chi connectivity index (χ3n) is 4.02. The number of amides is 1. The van der Waals surface area contributed by atoms with E-state index in [2.05, 4.69) is 34.5 Å². The number of carbonyl (C=O) groups excluding carboxylic acids is 1. The maximum absolute atomic E-state index is 13.9. The van der Waals surface area contributed by atoms with Crippen LogP contribution < -0.4 is 5.32 Å². The number of hydrogen-bond acceptors (Lipinski definition) is 7. The van der Waals surface area contributed by atoms with Crippen LogP contribution in [-0.4, -0.2) is 31.5 Å². The van der Waals surface area contributed by atoms with Crippen LogP contribution >= 0.6 is 23.1 Å². The molecule has 1 aromatic carbocycles. The lowest BCUT2D eigenvalue weighted by Crippen LogP contribution is -2.36. The fourth-order valence-electron chi connectivity index (χ4n) is 2.80. The highest BCUT2D eigenvalue weighted by atomic mass is 32.2. The topological polar surface area (TPSA) is 81.4 Å². The average molecular weight is 452 g/mol. The Morgan fingerprint density at radius 3 is 2.70 bits per heavy atom. The molecule has 0 bridgehead atoms. The van der Waals surface area contributed by atoms with Crippen LogP contribution in [-0.2, 0) is 10.5 Å². The molecule has 0 aliphatic carbocycles. The van der Waals surface area contributed by atoms with Crippen molar-refractivity contribution in [2.75, 3.05) is 0 Å². The lowest BCUT2D eigenvalue weighted by molar-refractivity contribution is 0.0494. The maximum atomic E-state index is 13.9. The van der Waals surface area contributed by atoms with Gasteiger partial charge in [0.25, 0.3) is 0 Å². The van der Waals surface area contributed by atoms with Crippen LogP contribution in [0.15, 0.2) is 28.6 Å². The van der Waals surface area contributed by atoms with Gasteiger partial charge >= 0.3 is 6.09 Å². The minimum atomic E-state index is -0.593. The summed E-state index contributed by atoms with van der Waals surface area (Å²) < 4.78 is 21.7. The van der Waals surface area contributed by atoms with E-state index in [-0.39, 0.29) is 11.9 Å². The fourth-order valence-corrected chi connectivity index (χ4v) is 4.66. The van der Waals surface area contributed by atoms with E-state index in [4.69, 9.17) is 4.74 Å². The van der Waals surface area contributed by atoms with Crippen molar-refractivity contribution in [1.29, 1.82) is 0 Å². The molecule has 0 aliphatic heterocycles. The molecule has 0 radical (unpaired) electrons. The Morgan fingerprint density at radius 1 is 1.30 bits per heavy atom. The van der Waals surface area contributed by atoms with Gasteiger partial charge in [-0.15, -0.1) is 15.3 Å². The van der Waals surface area contributed by atoms with Crippen LogP contribution in [0, 0.1) is 11.7 Å². The summed E-state index contributed by atoms with van der Waals surface area (Å²) in [7, 11) is 0. The predicted octanol–water partition coefficient (Wildman–Crippen LogP) is 5.23. The number of halogens is 1. The van der Waals surface area contributed by atoms with Crippen LogP contribution in [0.25, 0.3) is 4.96 Å². The Labute approximate surface area is 183 Å². The average Bonchev–Trinajstić information content (AvgIpc) is 3.18. The summed E-state index contributed by atoms with van der Waals surface area (Å²) in [4.78, 5) is 13.0. The van der Waals surface area contributed by atoms with Gasteiger partial charge in [-0.3, -0.25) is 0 Å². The van der Waals surface area contributed by atoms with E-state index in [1.54, 1.807) is 16.6 Å². The minimum absolute atomic E-state index is 0.229. The van der Waals surface area contributed by atoms with Crippen molar-refractivity contribution in [3.63, 3.8) is 0 Å². The number of rotatable bonds is 7. The van der Waals surface area contributed by atoms with Gasteiger partial charge in [-0.25, -0.2) is 9.18 Å². The first-order chi connectivity index (χ1) is 14.1. The number of thioether (sulfide) groups is 1. The number of ether oxygens (including phenoxy) is 1. The molecule has 3 aromatic rings. The standard InChI is InChI=1S/C20H26FN5O2S2/c1-12(2)10-15(22-18(27)28-20(3,4)5)16-23-24-17-26(16)25-19(30-17)29-11-13-8-6-7-9-14(13)21/h6-9,12,15H,10-11H2,1-5H3,(H,22,27). The van der Waals surface area contributed by atoms with Crippen molar-refractivity contribution < 1.29 is 13.9 Å². The molecule has 2 aromatic heterocycles. The van der Waals surface area contributed by atoms with Gasteiger partial charge in [-0.2, -0.15) is 4.52 Å². The van der Waals surface area contributed by atoms with Crippen LogP contribution in [0.1, 0.15) is 58.5 Å². The highest BCUT2D eigenvalue weighted by Gasteiger charge is 2.26. The Kier molecular flexibility index (Phi) is 6.97. The van der Waals surface area contributed by atoms with Gasteiger partial charge in [-0.05, 0) is 44.7 Å². The molecule has 162 valence electrons. The van der Waals surface area contributed by atoms with E-state index in [1.165, 1.54) is 29.2 Å². The summed E-state index contributed by atoms with van der Waals surface area (Å²) in [6, 6.07) is 6.31. The van der Waals surface area contributed by atoms with Crippen molar-refractivity contribution >= 4 is 34.2 Å². The number of fused-ring (bicyclic) bond motifs is 1. The van der Waals surface area contributed by atoms with Crippen LogP contribution in [0.3, 0.4) is 0 Å². The minimum Gasteiger partial charge on any atom is -0.444 e. The molecule has 30 heavy (non-hydrogen) atoms. The maximum Gasteiger partial charge on any atom is 0.408 e. The van der Waals surface area contributed by atoms with Crippen molar-refractivity contribution in [3.05, 3.63) is 41.5 Å². The van der Waals surface area contributed by atoms with Gasteiger partial charge in [0.1, 0.15) is 11.4 Å². The van der Waals surface area contributed by atoms with Gasteiger partial charge in [0.05, 0.1) is 6.04 Å². The summed E-state index contributed by atoms with van der Waals surface area (Å²) in [6.45, 7) is 9.59. The SMILES string of the molecule is CC(C)CC(NC(=O)OC(C)(C)C)c1nnc2sc(SCc3ccccc3F)nn12. The molecule has 0 saturated carbocycles. The third-order valence-corrected chi connectivity index (χ3v) is 6.10.